The average molecular weight is 480 g/mol. The third-order valence-corrected chi connectivity index (χ3v) is 5.33. The zero-order valence-electron chi connectivity index (χ0n) is 17.1. The highest BCUT2D eigenvalue weighted by Crippen LogP contribution is 2.43. The molecule has 0 spiro atoms. The highest BCUT2D eigenvalue weighted by Gasteiger charge is 2.45. The quantitative estimate of drug-likeness (QED) is 0.208. The van der Waals surface area contributed by atoms with Crippen LogP contribution in [-0.4, -0.2) is 83.3 Å². The minimum atomic E-state index is -1.91. The van der Waals surface area contributed by atoms with Gasteiger partial charge in [-0.1, -0.05) is 0 Å². The monoisotopic (exact) mass is 480 g/mol. The van der Waals surface area contributed by atoms with E-state index in [1.54, 1.807) is 0 Å². The number of phenolic OH excluding ortho intramolecular Hbond substituents is 5. The Hall–Kier alpha value is -3.75. The van der Waals surface area contributed by atoms with Crippen LogP contribution in [0, 0.1) is 0 Å². The molecule has 0 radical (unpaired) electrons. The number of aliphatic hydroxyl groups is 4. The Balaban J connectivity index is 1.94. The number of rotatable bonds is 4. The fraction of sp³-hybridized carbons (Fsp3) is 0.286. The topological polar surface area (TPSA) is 231 Å². The molecule has 0 aliphatic carbocycles. The van der Waals surface area contributed by atoms with Crippen LogP contribution in [0.4, 0.5) is 0 Å². The summed E-state index contributed by atoms with van der Waals surface area (Å²) in [5.41, 5.74) is -1.59. The van der Waals surface area contributed by atoms with Crippen molar-refractivity contribution in [3.8, 4) is 45.8 Å². The molecular formula is C21H20O13. The molecule has 0 unspecified atom stereocenters. The molecule has 1 saturated heterocycles. The van der Waals surface area contributed by atoms with Gasteiger partial charge in [-0.3, -0.25) is 4.79 Å². The van der Waals surface area contributed by atoms with E-state index in [1.165, 1.54) is 0 Å². The normalized spacial score (nSPS) is 24.9. The van der Waals surface area contributed by atoms with Gasteiger partial charge >= 0.3 is 0 Å². The van der Waals surface area contributed by atoms with E-state index in [9.17, 15) is 50.8 Å². The maximum Gasteiger partial charge on any atom is 0.239 e. The van der Waals surface area contributed by atoms with Crippen LogP contribution in [0.5, 0.6) is 34.5 Å². The number of fused-ring (bicyclic) bond motifs is 1. The SMILES string of the molecule is O=c1c(O[C@@H]2O[C@@H](CO)[C@H](O)[C@@H](O)[C@@H]2O)c(-c2cc(O)c(O)c(O)c2)oc2cc(O)cc(O)c12. The molecule has 1 aliphatic heterocycles. The highest BCUT2D eigenvalue weighted by molar-refractivity contribution is 5.88. The van der Waals surface area contributed by atoms with Crippen molar-refractivity contribution < 1.29 is 59.8 Å². The molecule has 13 nitrogen and oxygen atoms in total. The van der Waals surface area contributed by atoms with Crippen molar-refractivity contribution in [1.29, 1.82) is 0 Å². The van der Waals surface area contributed by atoms with Gasteiger partial charge in [0.15, 0.2) is 23.0 Å². The van der Waals surface area contributed by atoms with Crippen LogP contribution >= 0.6 is 0 Å². The van der Waals surface area contributed by atoms with Crippen molar-refractivity contribution in [1.82, 2.24) is 0 Å². The zero-order chi connectivity index (χ0) is 24.9. The van der Waals surface area contributed by atoms with E-state index in [1.807, 2.05) is 0 Å². The van der Waals surface area contributed by atoms with Gasteiger partial charge in [-0.2, -0.15) is 0 Å². The highest BCUT2D eigenvalue weighted by atomic mass is 16.7. The first-order chi connectivity index (χ1) is 16.0. The summed E-state index contributed by atoms with van der Waals surface area (Å²) in [5, 5.41) is 88.6. The Morgan fingerprint density at radius 3 is 2.12 bits per heavy atom. The third kappa shape index (κ3) is 3.81. The summed E-state index contributed by atoms with van der Waals surface area (Å²) in [7, 11) is 0. The van der Waals surface area contributed by atoms with Gasteiger partial charge in [0.1, 0.15) is 46.9 Å². The molecule has 2 aromatic carbocycles. The Morgan fingerprint density at radius 2 is 1.50 bits per heavy atom. The van der Waals surface area contributed by atoms with Gasteiger partial charge in [0.25, 0.3) is 0 Å². The Bertz CT molecular complexity index is 1280. The summed E-state index contributed by atoms with van der Waals surface area (Å²) in [4.78, 5) is 13.3. The number of ether oxygens (including phenoxy) is 2. The number of hydrogen-bond acceptors (Lipinski definition) is 13. The summed E-state index contributed by atoms with van der Waals surface area (Å²) in [5.74, 6) is -4.83. The van der Waals surface area contributed by atoms with E-state index < -0.39 is 88.4 Å². The lowest BCUT2D eigenvalue weighted by Gasteiger charge is -2.39. The van der Waals surface area contributed by atoms with Gasteiger partial charge in [0, 0.05) is 17.7 Å². The second kappa shape index (κ2) is 8.55. The molecule has 5 atom stereocenters. The van der Waals surface area contributed by atoms with Gasteiger partial charge in [0.2, 0.25) is 17.5 Å². The van der Waals surface area contributed by atoms with Crippen molar-refractivity contribution in [2.75, 3.05) is 6.61 Å². The first-order valence-electron chi connectivity index (χ1n) is 9.78. The molecule has 0 bridgehead atoms. The van der Waals surface area contributed by atoms with Crippen molar-refractivity contribution in [3.05, 3.63) is 34.5 Å². The van der Waals surface area contributed by atoms with Gasteiger partial charge < -0.3 is 59.8 Å². The number of aliphatic hydroxyl groups excluding tert-OH is 4. The first kappa shape index (κ1) is 23.4. The molecule has 0 saturated carbocycles. The third-order valence-electron chi connectivity index (χ3n) is 5.33. The average Bonchev–Trinajstić information content (AvgIpc) is 2.78. The second-order valence-electron chi connectivity index (χ2n) is 7.61. The fourth-order valence-corrected chi connectivity index (χ4v) is 3.58. The summed E-state index contributed by atoms with van der Waals surface area (Å²) < 4.78 is 16.3. The maximum absolute atomic E-state index is 13.3. The lowest BCUT2D eigenvalue weighted by Crippen LogP contribution is -2.60. The zero-order valence-corrected chi connectivity index (χ0v) is 17.1. The molecule has 182 valence electrons. The van der Waals surface area contributed by atoms with Crippen LogP contribution in [0.15, 0.2) is 33.5 Å². The molecule has 0 amide bonds. The molecule has 1 fully saturated rings. The number of benzene rings is 2. The maximum atomic E-state index is 13.3. The van der Waals surface area contributed by atoms with Crippen LogP contribution in [-0.2, 0) is 4.74 Å². The fourth-order valence-electron chi connectivity index (χ4n) is 3.58. The smallest absolute Gasteiger partial charge is 0.239 e. The molecular weight excluding hydrogens is 460 g/mol. The predicted molar refractivity (Wildman–Crippen MR) is 111 cm³/mol. The van der Waals surface area contributed by atoms with E-state index in [0.717, 1.165) is 24.3 Å². The second-order valence-corrected chi connectivity index (χ2v) is 7.61. The van der Waals surface area contributed by atoms with E-state index in [0.29, 0.717) is 0 Å². The lowest BCUT2D eigenvalue weighted by molar-refractivity contribution is -0.277. The van der Waals surface area contributed by atoms with E-state index in [4.69, 9.17) is 13.9 Å². The van der Waals surface area contributed by atoms with Gasteiger partial charge in [-0.15, -0.1) is 0 Å². The van der Waals surface area contributed by atoms with Crippen molar-refractivity contribution >= 4 is 11.0 Å². The summed E-state index contributed by atoms with van der Waals surface area (Å²) in [6.07, 6.45) is -8.64. The molecule has 3 aromatic rings. The van der Waals surface area contributed by atoms with E-state index in [-0.39, 0.29) is 11.1 Å². The molecule has 9 N–H and O–H groups in total. The van der Waals surface area contributed by atoms with Crippen molar-refractivity contribution in [2.24, 2.45) is 0 Å². The summed E-state index contributed by atoms with van der Waals surface area (Å²) in [6, 6.07) is 3.66. The van der Waals surface area contributed by atoms with E-state index in [2.05, 4.69) is 0 Å². The van der Waals surface area contributed by atoms with Crippen molar-refractivity contribution in [3.63, 3.8) is 0 Å². The Morgan fingerprint density at radius 1 is 0.853 bits per heavy atom. The lowest BCUT2D eigenvalue weighted by atomic mass is 9.99. The molecule has 4 rings (SSSR count). The van der Waals surface area contributed by atoms with Gasteiger partial charge in [-0.25, -0.2) is 0 Å². The van der Waals surface area contributed by atoms with Gasteiger partial charge in [0.05, 0.1) is 6.61 Å². The first-order valence-corrected chi connectivity index (χ1v) is 9.78. The minimum absolute atomic E-state index is 0.214. The van der Waals surface area contributed by atoms with Crippen LogP contribution in [0.3, 0.4) is 0 Å². The predicted octanol–water partition coefficient (Wildman–Crippen LogP) is -0.833. The Labute approximate surface area is 189 Å². The number of phenols is 5. The van der Waals surface area contributed by atoms with E-state index >= 15 is 0 Å². The molecule has 13 heteroatoms. The molecule has 1 aromatic heterocycles. The van der Waals surface area contributed by atoms with Crippen LogP contribution in [0.1, 0.15) is 0 Å². The molecule has 1 aliphatic rings. The standard InChI is InChI=1S/C21H20O13/c22-5-12-15(28)17(30)18(31)21(33-12)34-20-16(29)13-8(24)3-7(23)4-11(13)32-19(20)6-1-9(25)14(27)10(26)2-6/h1-4,12,15,17-18,21-28,30-31H,5H2/t12-,15-,17+,18-,21-/m0/s1. The van der Waals surface area contributed by atoms with Crippen LogP contribution < -0.4 is 10.2 Å². The minimum Gasteiger partial charge on any atom is -0.508 e. The number of aromatic hydroxyl groups is 5. The van der Waals surface area contributed by atoms with Crippen molar-refractivity contribution in [2.45, 2.75) is 30.7 Å². The summed E-state index contributed by atoms with van der Waals surface area (Å²) in [6.45, 7) is -0.774. The van der Waals surface area contributed by atoms with Crippen LogP contribution in [0.25, 0.3) is 22.3 Å². The number of hydrogen-bond donors (Lipinski definition) is 9. The molecule has 2 heterocycles. The van der Waals surface area contributed by atoms with Gasteiger partial charge in [-0.05, 0) is 12.1 Å². The molecule has 34 heavy (non-hydrogen) atoms. The summed E-state index contributed by atoms with van der Waals surface area (Å²) >= 11 is 0. The van der Waals surface area contributed by atoms with Crippen LogP contribution in [0.2, 0.25) is 0 Å². The Kier molecular flexibility index (Phi) is 5.89. The largest absolute Gasteiger partial charge is 0.508 e.